The third kappa shape index (κ3) is 2.12. The second-order valence-corrected chi connectivity index (χ2v) is 4.82. The quantitative estimate of drug-likeness (QED) is 0.826. The van der Waals surface area contributed by atoms with E-state index in [0.29, 0.717) is 30.0 Å². The van der Waals surface area contributed by atoms with Crippen molar-refractivity contribution >= 4 is 23.2 Å². The largest absolute Gasteiger partial charge is 0.368 e. The summed E-state index contributed by atoms with van der Waals surface area (Å²) < 4.78 is 5.39. The summed E-state index contributed by atoms with van der Waals surface area (Å²) in [6, 6.07) is 6.90. The summed E-state index contributed by atoms with van der Waals surface area (Å²) >= 11 is 0. The first kappa shape index (κ1) is 12.6. The van der Waals surface area contributed by atoms with Gasteiger partial charge in [0.05, 0.1) is 23.0 Å². The van der Waals surface area contributed by atoms with E-state index in [2.05, 4.69) is 5.32 Å². The van der Waals surface area contributed by atoms with Crippen molar-refractivity contribution in [3.8, 4) is 6.07 Å². The molecule has 0 saturated carbocycles. The highest BCUT2D eigenvalue weighted by Crippen LogP contribution is 2.32. The zero-order chi connectivity index (χ0) is 14.1. The Morgan fingerprint density at radius 2 is 2.35 bits per heavy atom. The van der Waals surface area contributed by atoms with Crippen molar-refractivity contribution in [2.45, 2.75) is 18.9 Å². The van der Waals surface area contributed by atoms with Crippen molar-refractivity contribution in [3.05, 3.63) is 23.8 Å². The van der Waals surface area contributed by atoms with E-state index < -0.39 is 6.10 Å². The summed E-state index contributed by atoms with van der Waals surface area (Å²) in [5.74, 6) is -0.456. The fourth-order valence-corrected chi connectivity index (χ4v) is 2.49. The zero-order valence-electron chi connectivity index (χ0n) is 10.8. The van der Waals surface area contributed by atoms with Gasteiger partial charge >= 0.3 is 0 Å². The number of hydrogen-bond donors (Lipinski definition) is 1. The van der Waals surface area contributed by atoms with Gasteiger partial charge in [0, 0.05) is 6.61 Å². The predicted molar refractivity (Wildman–Crippen MR) is 71.1 cm³/mol. The molecule has 2 aliphatic heterocycles. The molecular formula is C14H13N3O3. The van der Waals surface area contributed by atoms with Gasteiger partial charge in [-0.2, -0.15) is 5.26 Å². The summed E-state index contributed by atoms with van der Waals surface area (Å²) in [7, 11) is 0. The lowest BCUT2D eigenvalue weighted by atomic mass is 10.1. The Morgan fingerprint density at radius 1 is 1.50 bits per heavy atom. The number of carbonyl (C=O) groups excluding carboxylic acids is 2. The van der Waals surface area contributed by atoms with E-state index in [4.69, 9.17) is 10.00 Å². The number of hydrogen-bond acceptors (Lipinski definition) is 4. The molecule has 0 aliphatic carbocycles. The third-order valence-corrected chi connectivity index (χ3v) is 3.46. The number of benzene rings is 1. The molecule has 1 fully saturated rings. The van der Waals surface area contributed by atoms with Crippen LogP contribution in [0.3, 0.4) is 0 Å². The average molecular weight is 271 g/mol. The van der Waals surface area contributed by atoms with Crippen LogP contribution in [0.25, 0.3) is 0 Å². The Morgan fingerprint density at radius 3 is 3.05 bits per heavy atom. The van der Waals surface area contributed by atoms with Gasteiger partial charge in [-0.25, -0.2) is 0 Å². The van der Waals surface area contributed by atoms with Crippen LogP contribution in [0.1, 0.15) is 18.4 Å². The fourth-order valence-electron chi connectivity index (χ4n) is 2.49. The minimum Gasteiger partial charge on any atom is -0.368 e. The molecule has 1 aromatic carbocycles. The summed E-state index contributed by atoms with van der Waals surface area (Å²) in [5, 5.41) is 11.7. The molecule has 1 atom stereocenters. The maximum absolute atomic E-state index is 12.4. The highest BCUT2D eigenvalue weighted by molar-refractivity contribution is 6.11. The number of amides is 2. The van der Waals surface area contributed by atoms with E-state index >= 15 is 0 Å². The van der Waals surface area contributed by atoms with Crippen LogP contribution in [0.4, 0.5) is 11.4 Å². The molecule has 0 radical (unpaired) electrons. The van der Waals surface area contributed by atoms with E-state index in [9.17, 15) is 9.59 Å². The fraction of sp³-hybridized carbons (Fsp3) is 0.357. The lowest BCUT2D eigenvalue weighted by molar-refractivity contribution is -0.128. The molecule has 6 nitrogen and oxygen atoms in total. The second-order valence-electron chi connectivity index (χ2n) is 4.82. The number of ether oxygens (including phenoxy) is 1. The number of anilines is 2. The van der Waals surface area contributed by atoms with E-state index in [1.807, 2.05) is 6.07 Å². The summed E-state index contributed by atoms with van der Waals surface area (Å²) in [5.41, 5.74) is 1.56. The number of carbonyl (C=O) groups is 2. The summed E-state index contributed by atoms with van der Waals surface area (Å²) in [6.45, 7) is 0.530. The maximum atomic E-state index is 12.4. The van der Waals surface area contributed by atoms with Gasteiger partial charge in [-0.05, 0) is 31.0 Å². The summed E-state index contributed by atoms with van der Waals surface area (Å²) in [6.07, 6.45) is 1.03. The van der Waals surface area contributed by atoms with Gasteiger partial charge in [-0.1, -0.05) is 0 Å². The molecule has 0 spiro atoms. The second kappa shape index (κ2) is 4.94. The van der Waals surface area contributed by atoms with Crippen LogP contribution in [0.2, 0.25) is 0 Å². The standard InChI is InChI=1S/C14H13N3O3/c15-7-9-3-4-10-11(6-9)17(8-13(18)16-10)14(19)12-2-1-5-20-12/h3-4,6,12H,1-2,5,8H2,(H,16,18)/t12-/m1/s1. The molecule has 2 aliphatic rings. The number of nitrogens with one attached hydrogen (secondary N) is 1. The number of nitrogens with zero attached hydrogens (tertiary/aromatic N) is 2. The Hall–Kier alpha value is -2.39. The maximum Gasteiger partial charge on any atom is 0.256 e. The van der Waals surface area contributed by atoms with Crippen LogP contribution in [0.15, 0.2) is 18.2 Å². The van der Waals surface area contributed by atoms with E-state index in [1.54, 1.807) is 18.2 Å². The Labute approximate surface area is 115 Å². The van der Waals surface area contributed by atoms with Crippen molar-refractivity contribution in [1.82, 2.24) is 0 Å². The van der Waals surface area contributed by atoms with Gasteiger partial charge in [0.1, 0.15) is 12.6 Å². The normalized spacial score (nSPS) is 21.1. The molecule has 102 valence electrons. The van der Waals surface area contributed by atoms with Crippen molar-refractivity contribution in [3.63, 3.8) is 0 Å². The number of nitriles is 1. The van der Waals surface area contributed by atoms with Crippen molar-refractivity contribution < 1.29 is 14.3 Å². The van der Waals surface area contributed by atoms with Gasteiger partial charge < -0.3 is 10.1 Å². The molecule has 3 rings (SSSR count). The molecule has 1 N–H and O–H groups in total. The van der Waals surface area contributed by atoms with E-state index in [0.717, 1.165) is 6.42 Å². The van der Waals surface area contributed by atoms with E-state index in [1.165, 1.54) is 4.90 Å². The molecule has 0 unspecified atom stereocenters. The van der Waals surface area contributed by atoms with Gasteiger partial charge in [0.15, 0.2) is 0 Å². The number of fused-ring (bicyclic) bond motifs is 1. The topological polar surface area (TPSA) is 82.4 Å². The van der Waals surface area contributed by atoms with Gasteiger partial charge in [0.2, 0.25) is 5.91 Å². The first-order chi connectivity index (χ1) is 9.69. The molecule has 6 heteroatoms. The van der Waals surface area contributed by atoms with Crippen LogP contribution in [-0.2, 0) is 14.3 Å². The summed E-state index contributed by atoms with van der Waals surface area (Å²) in [4.78, 5) is 25.6. The smallest absolute Gasteiger partial charge is 0.256 e. The van der Waals surface area contributed by atoms with Crippen LogP contribution in [0.5, 0.6) is 0 Å². The number of rotatable bonds is 1. The monoisotopic (exact) mass is 271 g/mol. The molecule has 1 aromatic rings. The van der Waals surface area contributed by atoms with Crippen LogP contribution in [0, 0.1) is 11.3 Å². The molecule has 1 saturated heterocycles. The van der Waals surface area contributed by atoms with Crippen molar-refractivity contribution in [2.24, 2.45) is 0 Å². The molecule has 0 bridgehead atoms. The van der Waals surface area contributed by atoms with Crippen LogP contribution < -0.4 is 10.2 Å². The van der Waals surface area contributed by atoms with Crippen LogP contribution in [-0.4, -0.2) is 31.1 Å². The minimum absolute atomic E-state index is 0.0411. The SMILES string of the molecule is N#Cc1ccc2c(c1)N(C(=O)[C@H]1CCCO1)CC(=O)N2. The highest BCUT2D eigenvalue weighted by Gasteiger charge is 2.33. The molecule has 2 heterocycles. The first-order valence-electron chi connectivity index (χ1n) is 6.46. The van der Waals surface area contributed by atoms with Crippen molar-refractivity contribution in [1.29, 1.82) is 5.26 Å². The predicted octanol–water partition coefficient (Wildman–Crippen LogP) is 1.02. The lowest BCUT2D eigenvalue weighted by Gasteiger charge is -2.30. The molecule has 2 amide bonds. The first-order valence-corrected chi connectivity index (χ1v) is 6.46. The Bertz CT molecular complexity index is 615. The molecule has 0 aromatic heterocycles. The Balaban J connectivity index is 1.98. The highest BCUT2D eigenvalue weighted by atomic mass is 16.5. The van der Waals surface area contributed by atoms with Crippen LogP contribution >= 0.6 is 0 Å². The zero-order valence-corrected chi connectivity index (χ0v) is 10.8. The average Bonchev–Trinajstić information content (AvgIpc) is 2.99. The molecular weight excluding hydrogens is 258 g/mol. The van der Waals surface area contributed by atoms with E-state index in [-0.39, 0.29) is 18.4 Å². The minimum atomic E-state index is -0.487. The Kier molecular flexibility index (Phi) is 3.12. The van der Waals surface area contributed by atoms with Gasteiger partial charge in [-0.15, -0.1) is 0 Å². The van der Waals surface area contributed by atoms with Gasteiger partial charge in [-0.3, -0.25) is 14.5 Å². The molecule has 20 heavy (non-hydrogen) atoms. The lowest BCUT2D eigenvalue weighted by Crippen LogP contribution is -2.46. The van der Waals surface area contributed by atoms with Gasteiger partial charge in [0.25, 0.3) is 5.91 Å². The van der Waals surface area contributed by atoms with Crippen molar-refractivity contribution in [2.75, 3.05) is 23.4 Å². The third-order valence-electron chi connectivity index (χ3n) is 3.46.